The van der Waals surface area contributed by atoms with Gasteiger partial charge in [-0.25, -0.2) is 0 Å². The van der Waals surface area contributed by atoms with Crippen LogP contribution in [0.4, 0.5) is 0 Å². The zero-order valence-corrected chi connectivity index (χ0v) is 13.2. The summed E-state index contributed by atoms with van der Waals surface area (Å²) >= 11 is 3.04. The minimum absolute atomic E-state index is 0.329. The number of hydrogen-bond acceptors (Lipinski definition) is 0. The molecular weight excluding hydrogens is 477 g/mol. The Balaban J connectivity index is 1.89. The summed E-state index contributed by atoms with van der Waals surface area (Å²) in [5, 5.41) is 0. The Bertz CT molecular complexity index is 148. The molecule has 3 atom stereocenters. The van der Waals surface area contributed by atoms with E-state index < -0.39 is 0 Å². The van der Waals surface area contributed by atoms with E-state index in [0.29, 0.717) is 13.3 Å². The molecule has 0 aromatic heterocycles. The molecule has 3 heteroatoms. The quantitative estimate of drug-likeness (QED) is 0.394. The SMILES string of the molecule is CI([I-]I)C1CC2CCCC21. The van der Waals surface area contributed by atoms with Gasteiger partial charge in [0.1, 0.15) is 0 Å². The molecule has 2 fully saturated rings. The van der Waals surface area contributed by atoms with Crippen molar-refractivity contribution < 1.29 is 13.3 Å². The van der Waals surface area contributed by atoms with Crippen LogP contribution in [0.25, 0.3) is 0 Å². The van der Waals surface area contributed by atoms with Crippen molar-refractivity contribution in [2.75, 3.05) is 4.93 Å². The van der Waals surface area contributed by atoms with Gasteiger partial charge in [-0.15, -0.1) is 0 Å². The van der Waals surface area contributed by atoms with Crippen molar-refractivity contribution in [3.8, 4) is 0 Å². The van der Waals surface area contributed by atoms with Gasteiger partial charge in [0.05, 0.1) is 0 Å². The first-order valence-corrected chi connectivity index (χ1v) is 20.2. The van der Waals surface area contributed by atoms with Gasteiger partial charge >= 0.3 is 94.1 Å². The average Bonchev–Trinajstić information content (AvgIpc) is 2.32. The van der Waals surface area contributed by atoms with Gasteiger partial charge < -0.3 is 0 Å². The van der Waals surface area contributed by atoms with Gasteiger partial charge in [-0.05, 0) is 0 Å². The summed E-state index contributed by atoms with van der Waals surface area (Å²) in [4.78, 5) is 2.64. The van der Waals surface area contributed by atoms with Crippen LogP contribution in [0.3, 0.4) is 0 Å². The van der Waals surface area contributed by atoms with E-state index in [2.05, 4.69) is 23.5 Å². The van der Waals surface area contributed by atoms with E-state index in [0.717, 1.165) is 0 Å². The zero-order chi connectivity index (χ0) is 7.84. The van der Waals surface area contributed by atoms with Crippen LogP contribution in [0.5, 0.6) is 0 Å². The molecular formula is C8H14I3-. The molecule has 0 aliphatic heterocycles. The van der Waals surface area contributed by atoms with Crippen LogP contribution in [-0.4, -0.2) is 8.86 Å². The van der Waals surface area contributed by atoms with E-state index in [9.17, 15) is 0 Å². The second kappa shape index (κ2) is 4.14. The summed E-state index contributed by atoms with van der Waals surface area (Å²) in [6.07, 6.45) is 6.42. The van der Waals surface area contributed by atoms with E-state index in [4.69, 9.17) is 0 Å². The molecule has 0 aromatic carbocycles. The summed E-state index contributed by atoms with van der Waals surface area (Å²) in [5.41, 5.74) is 0. The predicted octanol–water partition coefficient (Wildman–Crippen LogP) is 0.665. The van der Waals surface area contributed by atoms with Crippen molar-refractivity contribution in [3.63, 3.8) is 0 Å². The monoisotopic (exact) mass is 491 g/mol. The summed E-state index contributed by atoms with van der Waals surface area (Å²) in [6.45, 7) is 0. The second-order valence-corrected chi connectivity index (χ2v) is 32.6. The topological polar surface area (TPSA) is 0 Å². The summed E-state index contributed by atoms with van der Waals surface area (Å²) in [7, 11) is 0. The molecule has 2 rings (SSSR count). The molecule has 68 valence electrons. The number of alkyl halides is 2. The van der Waals surface area contributed by atoms with Crippen molar-refractivity contribution >= 4 is 34.5 Å². The van der Waals surface area contributed by atoms with E-state index in [1.165, 1.54) is 15.8 Å². The fourth-order valence-electron chi connectivity index (χ4n) is 2.49. The Labute approximate surface area is 92.5 Å². The molecule has 0 heterocycles. The second-order valence-electron chi connectivity index (χ2n) is 3.60. The molecule has 0 spiro atoms. The van der Waals surface area contributed by atoms with Crippen LogP contribution < -0.4 is 13.3 Å². The van der Waals surface area contributed by atoms with Crippen molar-refractivity contribution in [1.82, 2.24) is 0 Å². The molecule has 0 amide bonds. The first-order valence-electron chi connectivity index (χ1n) is 4.18. The molecule has 0 N–H and O–H groups in total. The van der Waals surface area contributed by atoms with Crippen LogP contribution in [0.2, 0.25) is 0 Å². The number of halogens is 3. The fourth-order valence-corrected chi connectivity index (χ4v) is 21.7. The Morgan fingerprint density at radius 1 is 1.45 bits per heavy atom. The van der Waals surface area contributed by atoms with Gasteiger partial charge in [-0.3, -0.25) is 0 Å². The molecule has 0 bridgehead atoms. The van der Waals surface area contributed by atoms with Gasteiger partial charge in [0.25, 0.3) is 0 Å². The number of hydrogen-bond donors (Lipinski definition) is 0. The molecule has 0 nitrogen and oxygen atoms in total. The Kier molecular flexibility index (Phi) is 3.67. The first-order chi connectivity index (χ1) is 5.33. The van der Waals surface area contributed by atoms with E-state index in [1.807, 2.05) is 0 Å². The maximum atomic E-state index is 2.72. The summed E-state index contributed by atoms with van der Waals surface area (Å²) in [6, 6.07) is 0. The van der Waals surface area contributed by atoms with Gasteiger partial charge in [0.2, 0.25) is 0 Å². The van der Waals surface area contributed by atoms with Gasteiger partial charge in [-0.1, -0.05) is 0 Å². The van der Waals surface area contributed by atoms with Crippen LogP contribution in [-0.2, 0) is 0 Å². The predicted molar refractivity (Wildman–Crippen MR) is 63.2 cm³/mol. The van der Waals surface area contributed by atoms with Gasteiger partial charge in [0.15, 0.2) is 0 Å². The Morgan fingerprint density at radius 2 is 2.27 bits per heavy atom. The molecule has 0 radical (unpaired) electrons. The van der Waals surface area contributed by atoms with Crippen molar-refractivity contribution in [3.05, 3.63) is 0 Å². The van der Waals surface area contributed by atoms with Crippen LogP contribution in [0, 0.1) is 11.8 Å². The first kappa shape index (κ1) is 9.73. The van der Waals surface area contributed by atoms with Crippen molar-refractivity contribution in [2.24, 2.45) is 11.8 Å². The molecule has 3 unspecified atom stereocenters. The Hall–Kier alpha value is 2.19. The number of fused-ring (bicyclic) bond motifs is 1. The van der Waals surface area contributed by atoms with E-state index in [-0.39, 0.29) is 15.8 Å². The standard InChI is InChI=1S/C8H14I3/c1-11(10-9)8-5-6-3-2-4-7(6)8/h6-8H,2-5H2,1H3/q-1. The molecule has 2 saturated carbocycles. The minimum atomic E-state index is -0.329. The van der Waals surface area contributed by atoms with Gasteiger partial charge in [0, 0.05) is 0 Å². The zero-order valence-electron chi connectivity index (χ0n) is 6.69. The molecule has 0 saturated heterocycles. The van der Waals surface area contributed by atoms with E-state index in [1.54, 1.807) is 25.7 Å². The average molecular weight is 491 g/mol. The number of rotatable bonds is 2. The molecule has 11 heavy (non-hydrogen) atoms. The summed E-state index contributed by atoms with van der Waals surface area (Å²) in [5.74, 6) is 2.46. The molecule has 2 aliphatic carbocycles. The van der Waals surface area contributed by atoms with Gasteiger partial charge in [-0.2, -0.15) is 0 Å². The van der Waals surface area contributed by atoms with Crippen molar-refractivity contribution in [2.45, 2.75) is 29.6 Å². The third kappa shape index (κ3) is 1.85. The Morgan fingerprint density at radius 3 is 2.91 bits per heavy atom. The van der Waals surface area contributed by atoms with Crippen LogP contribution >= 0.6 is 34.5 Å². The normalized spacial score (nSPS) is 43.5. The third-order valence-corrected chi connectivity index (χ3v) is 36.5. The molecule has 0 aromatic rings. The summed E-state index contributed by atoms with van der Waals surface area (Å²) < 4.78 is 1.32. The van der Waals surface area contributed by atoms with Crippen LogP contribution in [0.15, 0.2) is 0 Å². The van der Waals surface area contributed by atoms with E-state index >= 15 is 0 Å². The molecule has 2 aliphatic rings. The fraction of sp³-hybridized carbons (Fsp3) is 1.00. The third-order valence-electron chi connectivity index (χ3n) is 3.18. The van der Waals surface area contributed by atoms with Crippen LogP contribution in [0.1, 0.15) is 25.7 Å². The maximum absolute atomic E-state index is 2.72. The van der Waals surface area contributed by atoms with Crippen molar-refractivity contribution in [1.29, 1.82) is 0 Å².